The second-order valence-corrected chi connectivity index (χ2v) is 8.43. The lowest BCUT2D eigenvalue weighted by Gasteiger charge is -2.36. The van der Waals surface area contributed by atoms with Crippen LogP contribution in [0.15, 0.2) is 18.2 Å². The first-order valence-electron chi connectivity index (χ1n) is 8.90. The minimum absolute atomic E-state index is 0.514. The van der Waals surface area contributed by atoms with Crippen molar-refractivity contribution >= 4 is 27.2 Å². The molecule has 126 valence electrons. The van der Waals surface area contributed by atoms with Crippen molar-refractivity contribution in [1.29, 1.82) is 0 Å². The highest BCUT2D eigenvalue weighted by atomic mass is 32.1. The van der Waals surface area contributed by atoms with Crippen LogP contribution >= 0.6 is 11.3 Å². The molecule has 0 N–H and O–H groups in total. The van der Waals surface area contributed by atoms with Gasteiger partial charge in [0.2, 0.25) is 0 Å². The summed E-state index contributed by atoms with van der Waals surface area (Å²) in [5, 5.41) is 1.25. The van der Waals surface area contributed by atoms with Crippen LogP contribution in [-0.2, 0) is 0 Å². The Labute approximate surface area is 144 Å². The molecule has 1 aromatic heterocycles. The standard InChI is InChI=1S/C19H29N3S/c1-14(2)7-8-21-9-11-22(12-10-21)16-5-6-17-18(13-16)23-19(20-17)15(3)4/h5-6,13-15H,7-12H2,1-4H3. The van der Waals surface area contributed by atoms with Gasteiger partial charge in [-0.15, -0.1) is 11.3 Å². The maximum atomic E-state index is 4.74. The van der Waals surface area contributed by atoms with Crippen molar-refractivity contribution in [3.8, 4) is 0 Å². The van der Waals surface area contributed by atoms with E-state index in [1.807, 2.05) is 11.3 Å². The Morgan fingerprint density at radius 2 is 1.83 bits per heavy atom. The third kappa shape index (κ3) is 4.04. The molecule has 1 aliphatic heterocycles. The maximum absolute atomic E-state index is 4.74. The fourth-order valence-electron chi connectivity index (χ4n) is 3.05. The number of piperazine rings is 1. The number of hydrogen-bond donors (Lipinski definition) is 0. The second-order valence-electron chi connectivity index (χ2n) is 7.37. The number of nitrogens with zero attached hydrogens (tertiary/aromatic N) is 3. The summed E-state index contributed by atoms with van der Waals surface area (Å²) in [6, 6.07) is 6.77. The highest BCUT2D eigenvalue weighted by Crippen LogP contribution is 2.30. The summed E-state index contributed by atoms with van der Waals surface area (Å²) < 4.78 is 1.33. The molecule has 0 unspecified atom stereocenters. The summed E-state index contributed by atoms with van der Waals surface area (Å²) in [7, 11) is 0. The maximum Gasteiger partial charge on any atom is 0.0963 e. The van der Waals surface area contributed by atoms with Gasteiger partial charge in [0.1, 0.15) is 0 Å². The van der Waals surface area contributed by atoms with Gasteiger partial charge in [-0.05, 0) is 37.1 Å². The normalized spacial score (nSPS) is 16.9. The first-order chi connectivity index (χ1) is 11.0. The second kappa shape index (κ2) is 7.18. The van der Waals surface area contributed by atoms with E-state index in [9.17, 15) is 0 Å². The van der Waals surface area contributed by atoms with E-state index >= 15 is 0 Å². The van der Waals surface area contributed by atoms with Crippen molar-refractivity contribution in [1.82, 2.24) is 9.88 Å². The summed E-state index contributed by atoms with van der Waals surface area (Å²) in [6.07, 6.45) is 1.31. The zero-order valence-corrected chi connectivity index (χ0v) is 15.7. The van der Waals surface area contributed by atoms with Gasteiger partial charge < -0.3 is 4.90 Å². The molecule has 2 aromatic rings. The van der Waals surface area contributed by atoms with Gasteiger partial charge in [0.15, 0.2) is 0 Å². The molecule has 0 spiro atoms. The van der Waals surface area contributed by atoms with E-state index < -0.39 is 0 Å². The van der Waals surface area contributed by atoms with Gasteiger partial charge in [0.05, 0.1) is 15.2 Å². The van der Waals surface area contributed by atoms with E-state index in [4.69, 9.17) is 4.98 Å². The monoisotopic (exact) mass is 331 g/mol. The first kappa shape index (κ1) is 16.7. The van der Waals surface area contributed by atoms with Crippen LogP contribution in [0.3, 0.4) is 0 Å². The molecular weight excluding hydrogens is 302 g/mol. The lowest BCUT2D eigenvalue weighted by atomic mass is 10.1. The van der Waals surface area contributed by atoms with Crippen molar-refractivity contribution in [3.05, 3.63) is 23.2 Å². The average molecular weight is 332 g/mol. The zero-order chi connectivity index (χ0) is 16.4. The molecule has 3 rings (SSSR count). The van der Waals surface area contributed by atoms with Gasteiger partial charge in [-0.1, -0.05) is 27.7 Å². The van der Waals surface area contributed by atoms with Crippen molar-refractivity contribution in [2.45, 2.75) is 40.0 Å². The molecule has 0 bridgehead atoms. The fraction of sp³-hybridized carbons (Fsp3) is 0.632. The van der Waals surface area contributed by atoms with E-state index in [0.717, 1.165) is 24.5 Å². The highest BCUT2D eigenvalue weighted by Gasteiger charge is 2.18. The van der Waals surface area contributed by atoms with Crippen molar-refractivity contribution in [2.75, 3.05) is 37.6 Å². The van der Waals surface area contributed by atoms with Gasteiger partial charge in [-0.2, -0.15) is 0 Å². The summed E-state index contributed by atoms with van der Waals surface area (Å²) in [5.41, 5.74) is 2.51. The molecule has 0 atom stereocenters. The molecule has 0 radical (unpaired) electrons. The third-order valence-electron chi connectivity index (χ3n) is 4.64. The van der Waals surface area contributed by atoms with Crippen molar-refractivity contribution in [2.24, 2.45) is 5.92 Å². The van der Waals surface area contributed by atoms with E-state index in [0.29, 0.717) is 5.92 Å². The topological polar surface area (TPSA) is 19.4 Å². The van der Waals surface area contributed by atoms with Crippen LogP contribution in [0.2, 0.25) is 0 Å². The van der Waals surface area contributed by atoms with Crippen molar-refractivity contribution in [3.63, 3.8) is 0 Å². The average Bonchev–Trinajstić information content (AvgIpc) is 2.97. The highest BCUT2D eigenvalue weighted by molar-refractivity contribution is 7.18. The molecule has 1 fully saturated rings. The van der Waals surface area contributed by atoms with Crippen LogP contribution in [0, 0.1) is 5.92 Å². The third-order valence-corrected chi connectivity index (χ3v) is 5.96. The summed E-state index contributed by atoms with van der Waals surface area (Å²) in [6.45, 7) is 15.0. The number of hydrogen-bond acceptors (Lipinski definition) is 4. The molecule has 0 amide bonds. The number of fused-ring (bicyclic) bond motifs is 1. The number of rotatable bonds is 5. The van der Waals surface area contributed by atoms with Gasteiger partial charge in [0, 0.05) is 37.8 Å². The SMILES string of the molecule is CC(C)CCN1CCN(c2ccc3nc(C(C)C)sc3c2)CC1. The Bertz CT molecular complexity index is 639. The van der Waals surface area contributed by atoms with Crippen LogP contribution in [0.4, 0.5) is 5.69 Å². The molecule has 1 aromatic carbocycles. The fourth-order valence-corrected chi connectivity index (χ4v) is 4.05. The molecule has 3 nitrogen and oxygen atoms in total. The molecular formula is C19H29N3S. The molecule has 2 heterocycles. The van der Waals surface area contributed by atoms with Crippen molar-refractivity contribution < 1.29 is 0 Å². The van der Waals surface area contributed by atoms with Crippen LogP contribution < -0.4 is 4.90 Å². The molecule has 0 saturated carbocycles. The first-order valence-corrected chi connectivity index (χ1v) is 9.72. The predicted molar refractivity (Wildman–Crippen MR) is 102 cm³/mol. The van der Waals surface area contributed by atoms with Crippen LogP contribution in [0.5, 0.6) is 0 Å². The van der Waals surface area contributed by atoms with E-state index in [1.54, 1.807) is 0 Å². The van der Waals surface area contributed by atoms with E-state index in [2.05, 4.69) is 55.7 Å². The number of benzene rings is 1. The zero-order valence-electron chi connectivity index (χ0n) is 14.9. The minimum atomic E-state index is 0.514. The van der Waals surface area contributed by atoms with E-state index in [-0.39, 0.29) is 0 Å². The summed E-state index contributed by atoms with van der Waals surface area (Å²) >= 11 is 1.85. The predicted octanol–water partition coefficient (Wildman–Crippen LogP) is 4.59. The molecule has 4 heteroatoms. The summed E-state index contributed by atoms with van der Waals surface area (Å²) in [4.78, 5) is 9.88. The number of anilines is 1. The Balaban J connectivity index is 1.65. The lowest BCUT2D eigenvalue weighted by Crippen LogP contribution is -2.46. The van der Waals surface area contributed by atoms with E-state index in [1.165, 1.54) is 41.5 Å². The van der Waals surface area contributed by atoms with Crippen LogP contribution in [0.25, 0.3) is 10.2 Å². The number of aromatic nitrogens is 1. The Morgan fingerprint density at radius 1 is 1.09 bits per heavy atom. The van der Waals surface area contributed by atoms with Crippen LogP contribution in [0.1, 0.15) is 45.0 Å². The van der Waals surface area contributed by atoms with Gasteiger partial charge in [-0.3, -0.25) is 4.90 Å². The Morgan fingerprint density at radius 3 is 2.48 bits per heavy atom. The van der Waals surface area contributed by atoms with Gasteiger partial charge in [0.25, 0.3) is 0 Å². The van der Waals surface area contributed by atoms with Crippen LogP contribution in [-0.4, -0.2) is 42.6 Å². The smallest absolute Gasteiger partial charge is 0.0963 e. The molecule has 0 aliphatic carbocycles. The quantitative estimate of drug-likeness (QED) is 0.799. The number of thiazole rings is 1. The summed E-state index contributed by atoms with van der Waals surface area (Å²) in [5.74, 6) is 1.32. The Kier molecular flexibility index (Phi) is 5.22. The Hall–Kier alpha value is -1.13. The van der Waals surface area contributed by atoms with Gasteiger partial charge in [-0.25, -0.2) is 4.98 Å². The molecule has 1 saturated heterocycles. The lowest BCUT2D eigenvalue weighted by molar-refractivity contribution is 0.244. The minimum Gasteiger partial charge on any atom is -0.369 e. The van der Waals surface area contributed by atoms with Gasteiger partial charge >= 0.3 is 0 Å². The molecule has 23 heavy (non-hydrogen) atoms. The largest absolute Gasteiger partial charge is 0.369 e. The molecule has 1 aliphatic rings.